The lowest BCUT2D eigenvalue weighted by molar-refractivity contribution is 0.689. The van der Waals surface area contributed by atoms with Crippen molar-refractivity contribution in [2.24, 2.45) is 5.73 Å². The zero-order valence-corrected chi connectivity index (χ0v) is 8.80. The first-order valence-electron chi connectivity index (χ1n) is 4.92. The molecule has 1 aromatic rings. The Labute approximate surface area is 81.0 Å². The first kappa shape index (κ1) is 10.3. The quantitative estimate of drug-likeness (QED) is 0.755. The first-order valence-corrected chi connectivity index (χ1v) is 4.92. The number of benzene rings is 1. The maximum atomic E-state index is 5.53. The maximum absolute atomic E-state index is 5.53. The van der Waals surface area contributed by atoms with Gasteiger partial charge in [-0.15, -0.1) is 0 Å². The summed E-state index contributed by atoms with van der Waals surface area (Å²) in [5.41, 5.74) is 9.69. The van der Waals surface area contributed by atoms with Crippen molar-refractivity contribution in [3.8, 4) is 0 Å². The van der Waals surface area contributed by atoms with Crippen LogP contribution < -0.4 is 5.73 Å². The number of nitrogens with two attached hydrogens (primary N) is 1. The van der Waals surface area contributed by atoms with Crippen LogP contribution in [0.15, 0.2) is 18.2 Å². The van der Waals surface area contributed by atoms with E-state index < -0.39 is 0 Å². The van der Waals surface area contributed by atoms with E-state index in [1.54, 1.807) is 0 Å². The molecule has 0 heterocycles. The van der Waals surface area contributed by atoms with Gasteiger partial charge in [-0.3, -0.25) is 0 Å². The van der Waals surface area contributed by atoms with E-state index >= 15 is 0 Å². The van der Waals surface area contributed by atoms with E-state index in [2.05, 4.69) is 39.0 Å². The molecule has 1 rings (SSSR count). The van der Waals surface area contributed by atoms with Crippen LogP contribution in [0.1, 0.15) is 36.0 Å². The molecule has 0 saturated carbocycles. The van der Waals surface area contributed by atoms with Crippen LogP contribution >= 0.6 is 0 Å². The van der Waals surface area contributed by atoms with Gasteiger partial charge in [-0.05, 0) is 49.4 Å². The minimum absolute atomic E-state index is 0.587. The highest BCUT2D eigenvalue weighted by Crippen LogP contribution is 2.20. The lowest BCUT2D eigenvalue weighted by Gasteiger charge is -2.12. The molecular weight excluding hydrogens is 158 g/mol. The molecule has 1 heteroatoms. The molecule has 0 aliphatic carbocycles. The largest absolute Gasteiger partial charge is 0.330 e. The fourth-order valence-corrected chi connectivity index (χ4v) is 1.49. The molecule has 0 bridgehead atoms. The first-order chi connectivity index (χ1) is 6.15. The summed E-state index contributed by atoms with van der Waals surface area (Å²) in [5, 5.41) is 0. The Kier molecular flexibility index (Phi) is 3.49. The normalized spacial score (nSPS) is 12.9. The van der Waals surface area contributed by atoms with Gasteiger partial charge in [-0.1, -0.05) is 25.1 Å². The molecule has 0 aliphatic rings. The van der Waals surface area contributed by atoms with Crippen LogP contribution in [0, 0.1) is 13.8 Å². The van der Waals surface area contributed by atoms with Crippen LogP contribution in [-0.2, 0) is 0 Å². The maximum Gasteiger partial charge on any atom is -0.00715 e. The van der Waals surface area contributed by atoms with Crippen molar-refractivity contribution >= 4 is 0 Å². The van der Waals surface area contributed by atoms with Crippen molar-refractivity contribution in [2.45, 2.75) is 33.1 Å². The third-order valence-electron chi connectivity index (χ3n) is 2.70. The van der Waals surface area contributed by atoms with Crippen LogP contribution in [0.3, 0.4) is 0 Å². The van der Waals surface area contributed by atoms with Gasteiger partial charge in [-0.2, -0.15) is 0 Å². The van der Waals surface area contributed by atoms with E-state index in [1.165, 1.54) is 16.7 Å². The Morgan fingerprint density at radius 2 is 1.92 bits per heavy atom. The van der Waals surface area contributed by atoms with Gasteiger partial charge < -0.3 is 5.73 Å². The number of hydrogen-bond donors (Lipinski definition) is 1. The van der Waals surface area contributed by atoms with Crippen LogP contribution in [0.25, 0.3) is 0 Å². The lowest BCUT2D eigenvalue weighted by atomic mass is 9.95. The number of rotatable bonds is 3. The molecule has 0 saturated heterocycles. The molecule has 0 radical (unpaired) electrons. The minimum Gasteiger partial charge on any atom is -0.330 e. The molecule has 1 nitrogen and oxygen atoms in total. The van der Waals surface area contributed by atoms with Crippen molar-refractivity contribution in [1.29, 1.82) is 0 Å². The topological polar surface area (TPSA) is 26.0 Å². The molecule has 0 aromatic heterocycles. The highest BCUT2D eigenvalue weighted by molar-refractivity contribution is 5.31. The molecule has 0 spiro atoms. The second kappa shape index (κ2) is 4.43. The molecule has 2 N–H and O–H groups in total. The van der Waals surface area contributed by atoms with Gasteiger partial charge in [0.2, 0.25) is 0 Å². The van der Waals surface area contributed by atoms with E-state index in [4.69, 9.17) is 5.73 Å². The molecule has 0 aliphatic heterocycles. The second-order valence-corrected chi connectivity index (χ2v) is 3.82. The fourth-order valence-electron chi connectivity index (χ4n) is 1.49. The number of aryl methyl sites for hydroxylation is 2. The summed E-state index contributed by atoms with van der Waals surface area (Å²) in [5.74, 6) is 0.587. The van der Waals surface area contributed by atoms with E-state index in [0.717, 1.165) is 13.0 Å². The van der Waals surface area contributed by atoms with Gasteiger partial charge in [0.05, 0.1) is 0 Å². The lowest BCUT2D eigenvalue weighted by Crippen LogP contribution is -2.04. The number of hydrogen-bond acceptors (Lipinski definition) is 1. The van der Waals surface area contributed by atoms with Gasteiger partial charge in [0.1, 0.15) is 0 Å². The van der Waals surface area contributed by atoms with Gasteiger partial charge in [0.25, 0.3) is 0 Å². The highest BCUT2D eigenvalue weighted by atomic mass is 14.5. The van der Waals surface area contributed by atoms with Crippen molar-refractivity contribution in [2.75, 3.05) is 6.54 Å². The standard InChI is InChI=1S/C12H19N/c1-9-4-5-12(8-11(9)3)10(2)6-7-13/h4-5,8,10H,6-7,13H2,1-3H3/t10-/m1/s1. The molecule has 13 heavy (non-hydrogen) atoms. The van der Waals surface area contributed by atoms with Crippen molar-refractivity contribution in [3.63, 3.8) is 0 Å². The molecule has 0 unspecified atom stereocenters. The van der Waals surface area contributed by atoms with Gasteiger partial charge in [0.15, 0.2) is 0 Å². The Bertz CT molecular complexity index is 278. The van der Waals surface area contributed by atoms with Crippen LogP contribution in [0.5, 0.6) is 0 Å². The smallest absolute Gasteiger partial charge is 0.00715 e. The van der Waals surface area contributed by atoms with Crippen molar-refractivity contribution in [1.82, 2.24) is 0 Å². The van der Waals surface area contributed by atoms with E-state index in [1.807, 2.05) is 0 Å². The molecule has 0 amide bonds. The third-order valence-corrected chi connectivity index (χ3v) is 2.70. The molecule has 1 aromatic carbocycles. The average Bonchev–Trinajstić information content (AvgIpc) is 2.10. The average molecular weight is 177 g/mol. The van der Waals surface area contributed by atoms with Crippen LogP contribution in [-0.4, -0.2) is 6.54 Å². The van der Waals surface area contributed by atoms with E-state index in [0.29, 0.717) is 5.92 Å². The Morgan fingerprint density at radius 1 is 1.23 bits per heavy atom. The molecule has 72 valence electrons. The summed E-state index contributed by atoms with van der Waals surface area (Å²) in [6.45, 7) is 7.31. The Morgan fingerprint density at radius 3 is 2.46 bits per heavy atom. The zero-order chi connectivity index (χ0) is 9.84. The van der Waals surface area contributed by atoms with Gasteiger partial charge >= 0.3 is 0 Å². The second-order valence-electron chi connectivity index (χ2n) is 3.82. The molecule has 0 fully saturated rings. The fraction of sp³-hybridized carbons (Fsp3) is 0.500. The molecule has 1 atom stereocenters. The van der Waals surface area contributed by atoms with Crippen LogP contribution in [0.2, 0.25) is 0 Å². The summed E-state index contributed by atoms with van der Waals surface area (Å²) in [6.07, 6.45) is 1.07. The SMILES string of the molecule is Cc1ccc([C@H](C)CCN)cc1C. The Hall–Kier alpha value is -0.820. The van der Waals surface area contributed by atoms with E-state index in [-0.39, 0.29) is 0 Å². The summed E-state index contributed by atoms with van der Waals surface area (Å²) in [7, 11) is 0. The van der Waals surface area contributed by atoms with Gasteiger partial charge in [0, 0.05) is 0 Å². The Balaban J connectivity index is 2.84. The van der Waals surface area contributed by atoms with Crippen molar-refractivity contribution < 1.29 is 0 Å². The highest BCUT2D eigenvalue weighted by Gasteiger charge is 2.04. The van der Waals surface area contributed by atoms with Gasteiger partial charge in [-0.25, -0.2) is 0 Å². The molecular formula is C12H19N. The van der Waals surface area contributed by atoms with E-state index in [9.17, 15) is 0 Å². The predicted octanol–water partition coefficient (Wildman–Crippen LogP) is 2.76. The van der Waals surface area contributed by atoms with Crippen LogP contribution in [0.4, 0.5) is 0 Å². The van der Waals surface area contributed by atoms with Crippen molar-refractivity contribution in [3.05, 3.63) is 34.9 Å². The summed E-state index contributed by atoms with van der Waals surface area (Å²) < 4.78 is 0. The summed E-state index contributed by atoms with van der Waals surface area (Å²) in [6, 6.07) is 6.68. The summed E-state index contributed by atoms with van der Waals surface area (Å²) in [4.78, 5) is 0. The third kappa shape index (κ3) is 2.56. The zero-order valence-electron chi connectivity index (χ0n) is 8.80. The minimum atomic E-state index is 0.587. The summed E-state index contributed by atoms with van der Waals surface area (Å²) >= 11 is 0. The predicted molar refractivity (Wildman–Crippen MR) is 58.0 cm³/mol. The monoisotopic (exact) mass is 177 g/mol.